The third-order valence-electron chi connectivity index (χ3n) is 6.70. The minimum atomic E-state index is -3.00. The van der Waals surface area contributed by atoms with Crippen LogP contribution < -0.4 is 4.72 Å². The molecule has 0 saturated carbocycles. The molecule has 1 aromatic heterocycles. The van der Waals surface area contributed by atoms with E-state index in [1.165, 1.54) is 0 Å². The molecule has 1 aromatic rings. The number of aryl methyl sites for hydroxylation is 1. The Balaban J connectivity index is 1.90. The van der Waals surface area contributed by atoms with E-state index in [4.69, 9.17) is 8.95 Å². The van der Waals surface area contributed by atoms with E-state index in [1.54, 1.807) is 11.0 Å². The van der Waals surface area contributed by atoms with Gasteiger partial charge in [0, 0.05) is 19.0 Å². The number of nitrogens with zero attached hydrogens (tertiary/aromatic N) is 3. The van der Waals surface area contributed by atoms with Crippen LogP contribution in [0.5, 0.6) is 0 Å². The quantitative estimate of drug-likeness (QED) is 0.512. The number of rotatable bonds is 6. The van der Waals surface area contributed by atoms with E-state index in [9.17, 15) is 13.9 Å². The number of aromatic nitrogens is 1. The van der Waals surface area contributed by atoms with Crippen LogP contribution in [0.3, 0.4) is 0 Å². The average molecular weight is 487 g/mol. The van der Waals surface area contributed by atoms with E-state index in [-0.39, 0.29) is 28.8 Å². The molecular formula is C21H38N4O5SSi. The smallest absolute Gasteiger partial charge is 0.234 e. The lowest BCUT2D eigenvalue weighted by Crippen LogP contribution is -2.47. The zero-order valence-corrected chi connectivity index (χ0v) is 22.2. The van der Waals surface area contributed by atoms with Crippen molar-refractivity contribution in [2.75, 3.05) is 12.4 Å². The normalized spacial score (nSPS) is 25.6. The molecule has 182 valence electrons. The predicted octanol–water partition coefficient (Wildman–Crippen LogP) is 4.34. The molecule has 0 spiro atoms. The van der Waals surface area contributed by atoms with Crippen LogP contribution in [0.25, 0.3) is 0 Å². The van der Waals surface area contributed by atoms with Gasteiger partial charge in [-0.3, -0.25) is 18.6 Å². The molecule has 0 bridgehead atoms. The third-order valence-corrected chi connectivity index (χ3v) is 12.3. The minimum Gasteiger partial charge on any atom is -0.412 e. The first-order chi connectivity index (χ1) is 14.6. The highest BCUT2D eigenvalue weighted by Crippen LogP contribution is 2.42. The first kappa shape index (κ1) is 25.2. The number of aliphatic imine (C=N–C) groups is 1. The lowest BCUT2D eigenvalue weighted by molar-refractivity contribution is -0.134. The van der Waals surface area contributed by atoms with Crippen LogP contribution >= 0.6 is 10.8 Å². The van der Waals surface area contributed by atoms with Crippen LogP contribution in [0.1, 0.15) is 58.4 Å². The Hall–Kier alpha value is -1.40. The number of carbonyl (C=O) groups excluding carboxylic acids is 1. The molecule has 11 heteroatoms. The van der Waals surface area contributed by atoms with Crippen LogP contribution in [0.15, 0.2) is 15.6 Å². The second kappa shape index (κ2) is 8.75. The van der Waals surface area contributed by atoms with E-state index in [1.807, 2.05) is 20.8 Å². The van der Waals surface area contributed by atoms with Crippen molar-refractivity contribution < 1.29 is 22.8 Å². The molecule has 0 aromatic carbocycles. The molecule has 1 unspecified atom stereocenters. The largest absolute Gasteiger partial charge is 0.412 e. The van der Waals surface area contributed by atoms with Crippen molar-refractivity contribution >= 4 is 30.8 Å². The maximum absolute atomic E-state index is 13.8. The van der Waals surface area contributed by atoms with Gasteiger partial charge in [-0.2, -0.15) is 0 Å². The molecule has 2 aliphatic rings. The molecular weight excluding hydrogens is 448 g/mol. The fourth-order valence-corrected chi connectivity index (χ4v) is 6.26. The van der Waals surface area contributed by atoms with E-state index >= 15 is 0 Å². The van der Waals surface area contributed by atoms with Gasteiger partial charge in [-0.25, -0.2) is 4.99 Å². The van der Waals surface area contributed by atoms with Gasteiger partial charge in [0.15, 0.2) is 8.32 Å². The molecule has 2 aliphatic heterocycles. The Morgan fingerprint density at radius 3 is 2.50 bits per heavy atom. The lowest BCUT2D eigenvalue weighted by Gasteiger charge is -2.38. The number of likely N-dealkylation sites (tertiary alicyclic amines) is 1. The third kappa shape index (κ3) is 5.22. The molecule has 3 atom stereocenters. The molecule has 32 heavy (non-hydrogen) atoms. The van der Waals surface area contributed by atoms with Crippen molar-refractivity contribution in [2.45, 2.75) is 84.2 Å². The highest BCUT2D eigenvalue weighted by molar-refractivity contribution is 8.23. The van der Waals surface area contributed by atoms with Crippen molar-refractivity contribution in [1.29, 1.82) is 0 Å². The Labute approximate surface area is 193 Å². The van der Waals surface area contributed by atoms with Crippen LogP contribution in [-0.4, -0.2) is 63.8 Å². The fourth-order valence-electron chi connectivity index (χ4n) is 3.99. The number of amides is 1. The molecule has 3 rings (SSSR count). The van der Waals surface area contributed by atoms with Gasteiger partial charge >= 0.3 is 0 Å². The van der Waals surface area contributed by atoms with E-state index in [2.05, 4.69) is 48.7 Å². The maximum atomic E-state index is 13.8. The summed E-state index contributed by atoms with van der Waals surface area (Å²) >= 11 is 0. The predicted molar refractivity (Wildman–Crippen MR) is 129 cm³/mol. The summed E-state index contributed by atoms with van der Waals surface area (Å²) in [5, 5.41) is 4.01. The Morgan fingerprint density at radius 1 is 1.38 bits per heavy atom. The summed E-state index contributed by atoms with van der Waals surface area (Å²) in [5.74, 6) is 0.304. The Bertz CT molecular complexity index is 880. The molecule has 3 N–H and O–H groups in total. The summed E-state index contributed by atoms with van der Waals surface area (Å²) in [5.41, 5.74) is 0.728. The van der Waals surface area contributed by atoms with Gasteiger partial charge in [-0.1, -0.05) is 50.6 Å². The molecule has 0 radical (unpaired) electrons. The number of amidine groups is 1. The molecule has 0 aliphatic carbocycles. The standard InChI is InChI=1S/C21H38N4O5SSi/c1-13(2)18(17-9-14(3)23-29-17)20(26)25-11-15(30-32(7,8)21(4,5)6)10-16(25)19-22-12-31(27,28)24-19/h9,13,15-16,18,27-28H,10-12H2,1-8H3,(H,22,24)/t15-,16+,18?/m1/s1. The lowest BCUT2D eigenvalue weighted by atomic mass is 9.91. The van der Waals surface area contributed by atoms with Gasteiger partial charge in [0.2, 0.25) is 5.91 Å². The molecule has 1 saturated heterocycles. The van der Waals surface area contributed by atoms with Crippen LogP contribution in [-0.2, 0) is 9.22 Å². The number of nitrogens with one attached hydrogen (secondary N) is 1. The first-order valence-electron chi connectivity index (χ1n) is 11.1. The summed E-state index contributed by atoms with van der Waals surface area (Å²) in [4.78, 5) is 19.9. The van der Waals surface area contributed by atoms with Crippen molar-refractivity contribution in [3.63, 3.8) is 0 Å². The number of hydrogen-bond acceptors (Lipinski definition) is 8. The second-order valence-electron chi connectivity index (χ2n) is 10.8. The Morgan fingerprint density at radius 2 is 2.03 bits per heavy atom. The van der Waals surface area contributed by atoms with Gasteiger partial charge < -0.3 is 13.8 Å². The zero-order valence-electron chi connectivity index (χ0n) is 20.4. The summed E-state index contributed by atoms with van der Waals surface area (Å²) in [6, 6.07) is 1.40. The summed E-state index contributed by atoms with van der Waals surface area (Å²) < 4.78 is 35.0. The van der Waals surface area contributed by atoms with Gasteiger partial charge in [0.05, 0.1) is 17.8 Å². The van der Waals surface area contributed by atoms with E-state index in [0.29, 0.717) is 24.6 Å². The van der Waals surface area contributed by atoms with E-state index in [0.717, 1.165) is 5.69 Å². The number of hydrogen-bond donors (Lipinski definition) is 3. The van der Waals surface area contributed by atoms with Gasteiger partial charge in [-0.15, -0.1) is 0 Å². The summed E-state index contributed by atoms with van der Waals surface area (Å²) in [7, 11) is -5.06. The van der Waals surface area contributed by atoms with Crippen molar-refractivity contribution in [2.24, 2.45) is 10.9 Å². The molecule has 1 fully saturated rings. The first-order valence-corrected chi connectivity index (χ1v) is 15.7. The Kier molecular flexibility index (Phi) is 6.90. The molecule has 9 nitrogen and oxygen atoms in total. The fraction of sp³-hybridized carbons (Fsp3) is 0.762. The highest BCUT2D eigenvalue weighted by Gasteiger charge is 2.48. The number of carbonyl (C=O) groups is 1. The maximum Gasteiger partial charge on any atom is 0.234 e. The zero-order chi connectivity index (χ0) is 24.1. The molecule has 3 heterocycles. The van der Waals surface area contributed by atoms with Gasteiger partial charge in [-0.05, 0) is 31.0 Å². The van der Waals surface area contributed by atoms with Crippen LogP contribution in [0, 0.1) is 12.8 Å². The topological polar surface area (TPSA) is 120 Å². The van der Waals surface area contributed by atoms with Crippen molar-refractivity contribution in [1.82, 2.24) is 14.8 Å². The summed E-state index contributed by atoms with van der Waals surface area (Å²) in [6.07, 6.45) is 0.404. The van der Waals surface area contributed by atoms with E-state index < -0.39 is 31.1 Å². The molecule has 1 amide bonds. The SMILES string of the molecule is Cc1cc(C(C(=O)N2C[C@H](O[Si](C)(C)C(C)(C)C)C[C@H]2C2=NCS(O)(O)N2)C(C)C)on1. The summed E-state index contributed by atoms with van der Waals surface area (Å²) in [6.45, 7) is 17.2. The highest BCUT2D eigenvalue weighted by atomic mass is 32.3. The van der Waals surface area contributed by atoms with Crippen molar-refractivity contribution in [3.05, 3.63) is 17.5 Å². The average Bonchev–Trinajstić information content (AvgIpc) is 3.32. The second-order valence-corrected chi connectivity index (χ2v) is 17.3. The minimum absolute atomic E-state index is 0.00488. The van der Waals surface area contributed by atoms with Gasteiger partial charge in [0.1, 0.15) is 23.4 Å². The van der Waals surface area contributed by atoms with Crippen molar-refractivity contribution in [3.8, 4) is 0 Å². The monoisotopic (exact) mass is 486 g/mol. The van der Waals surface area contributed by atoms with Crippen LogP contribution in [0.2, 0.25) is 18.1 Å². The van der Waals surface area contributed by atoms with Gasteiger partial charge in [0.25, 0.3) is 0 Å². The van der Waals surface area contributed by atoms with Crippen LogP contribution in [0.4, 0.5) is 0 Å².